The molecule has 1 aliphatic heterocycles. The van der Waals surface area contributed by atoms with Gasteiger partial charge in [-0.05, 0) is 103 Å². The largest absolute Gasteiger partial charge is 0.379 e. The molecule has 0 saturated carbocycles. The van der Waals surface area contributed by atoms with Crippen LogP contribution in [0.4, 0.5) is 0 Å². The zero-order chi connectivity index (χ0) is 32.9. The van der Waals surface area contributed by atoms with Crippen molar-refractivity contribution in [1.82, 2.24) is 4.90 Å². The van der Waals surface area contributed by atoms with Crippen molar-refractivity contribution in [2.45, 2.75) is 187 Å². The van der Waals surface area contributed by atoms with E-state index in [0.717, 1.165) is 39.2 Å². The average Bonchev–Trinajstić information content (AvgIpc) is 3.58. The second kappa shape index (κ2) is 36.7. The van der Waals surface area contributed by atoms with Crippen LogP contribution in [0.25, 0.3) is 0 Å². The number of nitrogens with zero attached hydrogens (tertiary/aromatic N) is 1. The summed E-state index contributed by atoms with van der Waals surface area (Å²) in [5.41, 5.74) is 0. The zero-order valence-electron chi connectivity index (χ0n) is 31.1. The zero-order valence-corrected chi connectivity index (χ0v) is 31.1. The van der Waals surface area contributed by atoms with Crippen LogP contribution >= 0.6 is 0 Å². The van der Waals surface area contributed by atoms with Gasteiger partial charge in [-0.15, -0.1) is 0 Å². The minimum atomic E-state index is 0.237. The number of likely N-dealkylation sites (tertiary alicyclic amines) is 1. The average molecular weight is 642 g/mol. The quantitative estimate of drug-likeness (QED) is 0.0508. The molecular formula is C43H79NO2. The molecule has 3 heteroatoms. The minimum absolute atomic E-state index is 0.237. The predicted molar refractivity (Wildman–Crippen MR) is 205 cm³/mol. The fourth-order valence-corrected chi connectivity index (χ4v) is 6.15. The molecule has 0 radical (unpaired) electrons. The van der Waals surface area contributed by atoms with Crippen molar-refractivity contribution in [2.24, 2.45) is 0 Å². The molecule has 0 amide bonds. The number of ether oxygens (including phenoxy) is 2. The molecule has 0 bridgehead atoms. The lowest BCUT2D eigenvalue weighted by Gasteiger charge is -2.24. The summed E-state index contributed by atoms with van der Waals surface area (Å²) < 4.78 is 12.5. The van der Waals surface area contributed by atoms with E-state index in [1.54, 1.807) is 0 Å². The van der Waals surface area contributed by atoms with Crippen LogP contribution in [0.15, 0.2) is 48.6 Å². The summed E-state index contributed by atoms with van der Waals surface area (Å²) in [4.78, 5) is 2.58. The first-order valence-electron chi connectivity index (χ1n) is 20.4. The number of hydrogen-bond donors (Lipinski definition) is 0. The maximum absolute atomic E-state index is 6.37. The van der Waals surface area contributed by atoms with Crippen LogP contribution in [-0.4, -0.2) is 50.5 Å². The molecule has 0 spiro atoms. The summed E-state index contributed by atoms with van der Waals surface area (Å²) in [5, 5.41) is 0. The van der Waals surface area contributed by atoms with E-state index in [0.29, 0.717) is 0 Å². The van der Waals surface area contributed by atoms with Crippen molar-refractivity contribution in [1.29, 1.82) is 0 Å². The van der Waals surface area contributed by atoms with Crippen molar-refractivity contribution in [3.05, 3.63) is 48.6 Å². The van der Waals surface area contributed by atoms with Crippen LogP contribution in [0.3, 0.4) is 0 Å². The van der Waals surface area contributed by atoms with Crippen LogP contribution in [0.5, 0.6) is 0 Å². The first-order chi connectivity index (χ1) is 22.9. The van der Waals surface area contributed by atoms with Gasteiger partial charge in [0.05, 0.1) is 12.7 Å². The highest BCUT2D eigenvalue weighted by atomic mass is 16.5. The van der Waals surface area contributed by atoms with Gasteiger partial charge in [-0.2, -0.15) is 0 Å². The third-order valence-electron chi connectivity index (χ3n) is 9.15. The predicted octanol–water partition coefficient (Wildman–Crippen LogP) is 13.1. The maximum Gasteiger partial charge on any atom is 0.0934 e. The van der Waals surface area contributed by atoms with Gasteiger partial charge < -0.3 is 14.4 Å². The van der Waals surface area contributed by atoms with E-state index in [4.69, 9.17) is 9.47 Å². The van der Waals surface area contributed by atoms with Gasteiger partial charge in [0.1, 0.15) is 0 Å². The molecule has 1 fully saturated rings. The Kier molecular flexibility index (Phi) is 34.2. The molecular weight excluding hydrogens is 562 g/mol. The highest BCUT2D eigenvalue weighted by Gasteiger charge is 2.18. The van der Waals surface area contributed by atoms with E-state index in [9.17, 15) is 0 Å². The first-order valence-corrected chi connectivity index (χ1v) is 20.4. The van der Waals surface area contributed by atoms with Gasteiger partial charge in [0.15, 0.2) is 0 Å². The van der Waals surface area contributed by atoms with E-state index < -0.39 is 0 Å². The van der Waals surface area contributed by atoms with Gasteiger partial charge in [-0.3, -0.25) is 0 Å². The molecule has 0 N–H and O–H groups in total. The molecule has 1 heterocycles. The summed E-state index contributed by atoms with van der Waals surface area (Å²) in [5.74, 6) is 0. The van der Waals surface area contributed by atoms with Crippen molar-refractivity contribution in [2.75, 3.05) is 39.5 Å². The third-order valence-corrected chi connectivity index (χ3v) is 9.15. The standard InChI is InChI=1S/C43H79NO2/c1-3-5-7-9-11-13-15-17-19-21-23-25-27-29-31-35-39-45-42-43(41-44-37-33-34-38-44)46-40-36-32-30-28-26-24-22-20-18-16-14-12-10-8-6-4-2/h11-14,17-20,43H,3-10,15-16,21-42H2,1-2H3. The smallest absolute Gasteiger partial charge is 0.0934 e. The number of hydrogen-bond acceptors (Lipinski definition) is 3. The van der Waals surface area contributed by atoms with E-state index in [1.807, 2.05) is 0 Å². The van der Waals surface area contributed by atoms with Crippen molar-refractivity contribution in [3.8, 4) is 0 Å². The van der Waals surface area contributed by atoms with Gasteiger partial charge in [0.25, 0.3) is 0 Å². The Morgan fingerprint density at radius 2 is 0.891 bits per heavy atom. The van der Waals surface area contributed by atoms with Crippen LogP contribution < -0.4 is 0 Å². The molecule has 1 aliphatic rings. The molecule has 46 heavy (non-hydrogen) atoms. The fraction of sp³-hybridized carbons (Fsp3) is 0.814. The molecule has 3 nitrogen and oxygen atoms in total. The Bertz CT molecular complexity index is 706. The molecule has 0 aliphatic carbocycles. The van der Waals surface area contributed by atoms with Crippen molar-refractivity contribution >= 4 is 0 Å². The van der Waals surface area contributed by atoms with Gasteiger partial charge >= 0.3 is 0 Å². The molecule has 0 aromatic rings. The van der Waals surface area contributed by atoms with Crippen molar-refractivity contribution in [3.63, 3.8) is 0 Å². The van der Waals surface area contributed by atoms with E-state index in [1.165, 1.54) is 167 Å². The van der Waals surface area contributed by atoms with Gasteiger partial charge in [0, 0.05) is 19.8 Å². The molecule has 1 rings (SSSR count). The maximum atomic E-state index is 6.37. The monoisotopic (exact) mass is 642 g/mol. The summed E-state index contributed by atoms with van der Waals surface area (Å²) in [6.07, 6.45) is 52.7. The fourth-order valence-electron chi connectivity index (χ4n) is 6.15. The Morgan fingerprint density at radius 1 is 0.478 bits per heavy atom. The highest BCUT2D eigenvalue weighted by Crippen LogP contribution is 2.13. The Morgan fingerprint density at radius 3 is 1.37 bits per heavy atom. The summed E-state index contributed by atoms with van der Waals surface area (Å²) in [6.45, 7) is 10.6. The lowest BCUT2D eigenvalue weighted by Crippen LogP contribution is -2.35. The Balaban J connectivity index is 1.97. The SMILES string of the molecule is CCCCCC=CCC=CCCCCCCCCOCC(CN1CCCC1)OCCCCCCCCC=CCC=CCCCCC. The minimum Gasteiger partial charge on any atom is -0.379 e. The molecule has 1 saturated heterocycles. The van der Waals surface area contributed by atoms with E-state index >= 15 is 0 Å². The van der Waals surface area contributed by atoms with Gasteiger partial charge in [-0.1, -0.05) is 140 Å². The van der Waals surface area contributed by atoms with Crippen LogP contribution in [0.1, 0.15) is 181 Å². The third kappa shape index (κ3) is 31.4. The summed E-state index contributed by atoms with van der Waals surface area (Å²) in [6, 6.07) is 0. The highest BCUT2D eigenvalue weighted by molar-refractivity contribution is 4.93. The van der Waals surface area contributed by atoms with Gasteiger partial charge in [-0.25, -0.2) is 0 Å². The summed E-state index contributed by atoms with van der Waals surface area (Å²) >= 11 is 0. The first kappa shape index (κ1) is 42.9. The normalized spacial score (nSPS) is 15.2. The Labute approximate surface area is 288 Å². The van der Waals surface area contributed by atoms with Crippen LogP contribution in [0, 0.1) is 0 Å². The Hall–Kier alpha value is -1.16. The molecule has 1 unspecified atom stereocenters. The lowest BCUT2D eigenvalue weighted by atomic mass is 10.1. The number of unbranched alkanes of at least 4 members (excludes halogenated alkanes) is 18. The van der Waals surface area contributed by atoms with Crippen molar-refractivity contribution < 1.29 is 9.47 Å². The van der Waals surface area contributed by atoms with Crippen LogP contribution in [0.2, 0.25) is 0 Å². The van der Waals surface area contributed by atoms with Crippen LogP contribution in [-0.2, 0) is 9.47 Å². The second-order valence-corrected chi connectivity index (χ2v) is 13.7. The van der Waals surface area contributed by atoms with E-state index in [2.05, 4.69) is 67.4 Å². The molecule has 0 aromatic carbocycles. The summed E-state index contributed by atoms with van der Waals surface area (Å²) in [7, 11) is 0. The number of allylic oxidation sites excluding steroid dienone is 8. The molecule has 268 valence electrons. The van der Waals surface area contributed by atoms with Gasteiger partial charge in [0.2, 0.25) is 0 Å². The topological polar surface area (TPSA) is 21.7 Å². The molecule has 1 atom stereocenters. The lowest BCUT2D eigenvalue weighted by molar-refractivity contribution is -0.0316. The van der Waals surface area contributed by atoms with E-state index in [-0.39, 0.29) is 6.10 Å². The second-order valence-electron chi connectivity index (χ2n) is 13.7. The molecule has 0 aromatic heterocycles. The number of rotatable bonds is 35.